The van der Waals surface area contributed by atoms with Crippen molar-refractivity contribution in [2.24, 2.45) is 0 Å². The number of aryl methyl sites for hydroxylation is 2. The Labute approximate surface area is 118 Å². The molecular weight excluding hydrogens is 232 g/mol. The maximum absolute atomic E-state index is 10.3. The van der Waals surface area contributed by atoms with E-state index in [9.17, 15) is 5.11 Å². The summed E-state index contributed by atoms with van der Waals surface area (Å²) in [6.45, 7) is 2.02. The first-order chi connectivity index (χ1) is 9.16. The summed E-state index contributed by atoms with van der Waals surface area (Å²) in [7, 11) is 0. The number of aliphatic hydroxyl groups is 1. The SMILES string of the molecule is CC1(O)CCCCCc2ccc(cc2)CCCCC1. The highest BCUT2D eigenvalue weighted by molar-refractivity contribution is 5.22. The third-order valence-corrected chi connectivity index (χ3v) is 4.38. The molecule has 0 atom stereocenters. The number of hydrogen-bond acceptors (Lipinski definition) is 1. The highest BCUT2D eigenvalue weighted by Gasteiger charge is 2.18. The summed E-state index contributed by atoms with van der Waals surface area (Å²) in [4.78, 5) is 0. The summed E-state index contributed by atoms with van der Waals surface area (Å²) in [6, 6.07) is 9.19. The van der Waals surface area contributed by atoms with Gasteiger partial charge in [0.05, 0.1) is 5.60 Å². The van der Waals surface area contributed by atoms with Gasteiger partial charge in [-0.25, -0.2) is 0 Å². The Bertz CT molecular complexity index is 329. The lowest BCUT2D eigenvalue weighted by Crippen LogP contribution is -2.23. The molecule has 1 aromatic carbocycles. The predicted octanol–water partition coefficient (Wildman–Crippen LogP) is 4.66. The van der Waals surface area contributed by atoms with Crippen LogP contribution in [-0.4, -0.2) is 10.7 Å². The molecule has 0 amide bonds. The van der Waals surface area contributed by atoms with E-state index >= 15 is 0 Å². The zero-order valence-corrected chi connectivity index (χ0v) is 12.3. The standard InChI is InChI=1S/C18H28O/c1-18(19)14-6-2-4-8-16-10-12-17(13-11-16)9-5-3-7-15-18/h10-13,19H,2-9,14-15H2,1H3. The van der Waals surface area contributed by atoms with Gasteiger partial charge in [0.2, 0.25) is 0 Å². The van der Waals surface area contributed by atoms with Crippen LogP contribution in [0.4, 0.5) is 0 Å². The van der Waals surface area contributed by atoms with Crippen LogP contribution in [0.25, 0.3) is 0 Å². The van der Waals surface area contributed by atoms with Gasteiger partial charge in [-0.15, -0.1) is 0 Å². The largest absolute Gasteiger partial charge is 0.390 e. The second kappa shape index (κ2) is 7.09. The van der Waals surface area contributed by atoms with Gasteiger partial charge in [-0.05, 0) is 56.6 Å². The van der Waals surface area contributed by atoms with Crippen LogP contribution in [-0.2, 0) is 12.8 Å². The molecule has 0 saturated carbocycles. The Morgan fingerprint density at radius 1 is 0.737 bits per heavy atom. The van der Waals surface area contributed by atoms with Crippen molar-refractivity contribution < 1.29 is 5.11 Å². The number of benzene rings is 1. The van der Waals surface area contributed by atoms with E-state index in [1.165, 1.54) is 49.7 Å². The monoisotopic (exact) mass is 260 g/mol. The lowest BCUT2D eigenvalue weighted by molar-refractivity contribution is 0.0367. The van der Waals surface area contributed by atoms with Crippen LogP contribution in [0.15, 0.2) is 24.3 Å². The molecule has 0 unspecified atom stereocenters. The summed E-state index contributed by atoms with van der Waals surface area (Å²) < 4.78 is 0. The first-order valence-electron chi connectivity index (χ1n) is 7.96. The molecule has 1 N–H and O–H groups in total. The average molecular weight is 260 g/mol. The van der Waals surface area contributed by atoms with Gasteiger partial charge in [0.15, 0.2) is 0 Å². The van der Waals surface area contributed by atoms with Gasteiger partial charge < -0.3 is 5.11 Å². The van der Waals surface area contributed by atoms with E-state index in [2.05, 4.69) is 24.3 Å². The number of hydrogen-bond donors (Lipinski definition) is 1. The molecular formula is C18H28O. The van der Waals surface area contributed by atoms with Crippen molar-refractivity contribution in [2.45, 2.75) is 76.7 Å². The predicted molar refractivity (Wildman–Crippen MR) is 81.4 cm³/mol. The average Bonchev–Trinajstić information content (AvgIpc) is 2.39. The Morgan fingerprint density at radius 2 is 1.16 bits per heavy atom. The van der Waals surface area contributed by atoms with Crippen LogP contribution >= 0.6 is 0 Å². The fourth-order valence-corrected chi connectivity index (χ4v) is 3.02. The molecule has 0 fully saturated rings. The van der Waals surface area contributed by atoms with Crippen molar-refractivity contribution in [3.05, 3.63) is 35.4 Å². The van der Waals surface area contributed by atoms with Gasteiger partial charge in [0, 0.05) is 0 Å². The molecule has 19 heavy (non-hydrogen) atoms. The summed E-state index contributed by atoms with van der Waals surface area (Å²) in [5.41, 5.74) is 2.49. The third-order valence-electron chi connectivity index (χ3n) is 4.38. The topological polar surface area (TPSA) is 20.2 Å². The summed E-state index contributed by atoms with van der Waals surface area (Å²) in [5, 5.41) is 10.3. The van der Waals surface area contributed by atoms with Crippen LogP contribution in [0.2, 0.25) is 0 Å². The van der Waals surface area contributed by atoms with Gasteiger partial charge in [-0.1, -0.05) is 49.9 Å². The van der Waals surface area contributed by atoms with Crippen LogP contribution in [0.1, 0.15) is 69.4 Å². The molecule has 0 radical (unpaired) electrons. The molecule has 2 aliphatic rings. The summed E-state index contributed by atoms with van der Waals surface area (Å²) in [5.74, 6) is 0. The maximum Gasteiger partial charge on any atom is 0.0619 e. The van der Waals surface area contributed by atoms with E-state index in [0.717, 1.165) is 25.7 Å². The zero-order chi connectivity index (χ0) is 13.6. The Hall–Kier alpha value is -0.820. The highest BCUT2D eigenvalue weighted by Crippen LogP contribution is 2.23. The molecule has 106 valence electrons. The van der Waals surface area contributed by atoms with Crippen LogP contribution < -0.4 is 0 Å². The Balaban J connectivity index is 1.93. The quantitative estimate of drug-likeness (QED) is 0.719. The normalized spacial score (nSPS) is 21.6. The van der Waals surface area contributed by atoms with Crippen LogP contribution in [0.3, 0.4) is 0 Å². The minimum Gasteiger partial charge on any atom is -0.390 e. The molecule has 1 nitrogen and oxygen atoms in total. The molecule has 0 saturated heterocycles. The van der Waals surface area contributed by atoms with E-state index in [1.807, 2.05) is 6.92 Å². The van der Waals surface area contributed by atoms with Crippen LogP contribution in [0, 0.1) is 0 Å². The van der Waals surface area contributed by atoms with E-state index in [1.54, 1.807) is 0 Å². The van der Waals surface area contributed by atoms with Gasteiger partial charge in [-0.2, -0.15) is 0 Å². The lowest BCUT2D eigenvalue weighted by atomic mass is 9.91. The zero-order valence-electron chi connectivity index (χ0n) is 12.3. The van der Waals surface area contributed by atoms with Crippen molar-refractivity contribution in [3.8, 4) is 0 Å². The second-order valence-electron chi connectivity index (χ2n) is 6.43. The maximum atomic E-state index is 10.3. The van der Waals surface area contributed by atoms with Gasteiger partial charge in [0.25, 0.3) is 0 Å². The Kier molecular flexibility index (Phi) is 5.45. The minimum atomic E-state index is -0.435. The van der Waals surface area contributed by atoms with Crippen molar-refractivity contribution in [3.63, 3.8) is 0 Å². The third kappa shape index (κ3) is 5.36. The van der Waals surface area contributed by atoms with Crippen molar-refractivity contribution in [1.29, 1.82) is 0 Å². The fourth-order valence-electron chi connectivity index (χ4n) is 3.02. The first-order valence-corrected chi connectivity index (χ1v) is 7.96. The smallest absolute Gasteiger partial charge is 0.0619 e. The fraction of sp³-hybridized carbons (Fsp3) is 0.667. The summed E-state index contributed by atoms with van der Waals surface area (Å²) in [6.07, 6.45) is 11.6. The van der Waals surface area contributed by atoms with Crippen molar-refractivity contribution in [1.82, 2.24) is 0 Å². The second-order valence-corrected chi connectivity index (χ2v) is 6.43. The van der Waals surface area contributed by atoms with E-state index < -0.39 is 5.60 Å². The number of fused-ring (bicyclic) bond motifs is 12. The highest BCUT2D eigenvalue weighted by atomic mass is 16.3. The first kappa shape index (κ1) is 14.6. The molecule has 0 heterocycles. The number of rotatable bonds is 0. The molecule has 2 aliphatic carbocycles. The lowest BCUT2D eigenvalue weighted by Gasteiger charge is -2.23. The van der Waals surface area contributed by atoms with Gasteiger partial charge in [0.1, 0.15) is 0 Å². The van der Waals surface area contributed by atoms with E-state index in [0.29, 0.717) is 0 Å². The molecule has 0 spiro atoms. The van der Waals surface area contributed by atoms with Gasteiger partial charge in [-0.3, -0.25) is 0 Å². The Morgan fingerprint density at radius 3 is 1.58 bits per heavy atom. The molecule has 2 bridgehead atoms. The minimum absolute atomic E-state index is 0.435. The molecule has 0 aromatic heterocycles. The van der Waals surface area contributed by atoms with E-state index in [4.69, 9.17) is 0 Å². The molecule has 1 aromatic rings. The van der Waals surface area contributed by atoms with Crippen molar-refractivity contribution in [2.75, 3.05) is 0 Å². The molecule has 1 heteroatoms. The molecule has 0 aliphatic heterocycles. The van der Waals surface area contributed by atoms with E-state index in [-0.39, 0.29) is 0 Å². The van der Waals surface area contributed by atoms with Crippen molar-refractivity contribution >= 4 is 0 Å². The summed E-state index contributed by atoms with van der Waals surface area (Å²) >= 11 is 0. The van der Waals surface area contributed by atoms with Crippen LogP contribution in [0.5, 0.6) is 0 Å². The molecule has 3 rings (SSSR count). The van der Waals surface area contributed by atoms with Gasteiger partial charge >= 0.3 is 0 Å².